The smallest absolute Gasteiger partial charge is 0.343 e. The van der Waals surface area contributed by atoms with Crippen molar-refractivity contribution in [2.75, 3.05) is 26.9 Å². The summed E-state index contributed by atoms with van der Waals surface area (Å²) in [5.74, 6) is -0.134. The molecule has 0 aliphatic carbocycles. The molecule has 0 spiro atoms. The van der Waals surface area contributed by atoms with Gasteiger partial charge in [-0.05, 0) is 80.4 Å². The lowest BCUT2D eigenvalue weighted by Crippen LogP contribution is -2.40. The molecule has 3 aromatic carbocycles. The molecular weight excluding hydrogens is 734 g/mol. The zero-order valence-corrected chi connectivity index (χ0v) is 29.9. The first-order valence-corrected chi connectivity index (χ1v) is 17.0. The predicted octanol–water partition coefficient (Wildman–Crippen LogP) is 5.00. The maximum atomic E-state index is 14.3. The zero-order valence-electron chi connectivity index (χ0n) is 27.5. The number of aromatic nitrogens is 1. The van der Waals surface area contributed by atoms with Gasteiger partial charge in [0.2, 0.25) is 0 Å². The number of methoxy groups -OCH3 is 1. The van der Waals surface area contributed by atoms with Crippen LogP contribution in [0.5, 0.6) is 17.2 Å². The number of fused-ring (bicyclic) bond motifs is 1. The van der Waals surface area contributed by atoms with Crippen LogP contribution in [0.25, 0.3) is 6.08 Å². The number of allylic oxidation sites excluding steroid dienone is 1. The van der Waals surface area contributed by atoms with E-state index in [0.29, 0.717) is 37.7 Å². The number of benzene rings is 3. The van der Waals surface area contributed by atoms with Crippen LogP contribution in [0.3, 0.4) is 0 Å². The first kappa shape index (κ1) is 36.0. The molecule has 1 atom stereocenters. The number of esters is 2. The number of hydrogen-bond donors (Lipinski definition) is 0. The highest BCUT2D eigenvalue weighted by Gasteiger charge is 2.34. The van der Waals surface area contributed by atoms with Gasteiger partial charge in [-0.2, -0.15) is 0 Å². The van der Waals surface area contributed by atoms with Crippen molar-refractivity contribution in [3.8, 4) is 17.2 Å². The van der Waals surface area contributed by atoms with Crippen LogP contribution in [0.2, 0.25) is 0 Å². The number of carbonyl (C=O) groups excluding carboxylic acids is 2. The van der Waals surface area contributed by atoms with Gasteiger partial charge in [0.1, 0.15) is 12.4 Å². The van der Waals surface area contributed by atoms with E-state index in [9.17, 15) is 24.5 Å². The summed E-state index contributed by atoms with van der Waals surface area (Å²) in [7, 11) is 1.26. The van der Waals surface area contributed by atoms with Crippen LogP contribution in [0, 0.1) is 10.1 Å². The van der Waals surface area contributed by atoms with Gasteiger partial charge in [0.25, 0.3) is 11.2 Å². The average molecular weight is 767 g/mol. The first-order chi connectivity index (χ1) is 24.0. The molecule has 0 saturated heterocycles. The Balaban J connectivity index is 1.59. The molecule has 0 unspecified atom stereocenters. The third-order valence-corrected chi connectivity index (χ3v) is 8.95. The van der Waals surface area contributed by atoms with Crippen LogP contribution < -0.4 is 29.1 Å². The number of rotatable bonds is 13. The number of carbonyl (C=O) groups is 2. The molecule has 50 heavy (non-hydrogen) atoms. The van der Waals surface area contributed by atoms with E-state index in [1.54, 1.807) is 75.4 Å². The topological polar surface area (TPSA) is 158 Å². The molecule has 2 heterocycles. The lowest BCUT2D eigenvalue weighted by molar-refractivity contribution is -0.384. The molecule has 4 aromatic rings. The van der Waals surface area contributed by atoms with Gasteiger partial charge >= 0.3 is 11.9 Å². The standard InChI is InChI=1S/C35H32BrN3O10S/c1-5-46-28-16-22(9-13-27(28)49-19-30(40)45-4)32-31(34(42)47-6-2)20(3)37-35-38(32)33(41)29(50-35)17-23-15-24(36)10-14-26(23)48-18-21-7-11-25(12-8-21)39(43)44/h7-17,32H,5-6,18-19H2,1-4H3/b29-17-/t32-/m0/s1. The minimum Gasteiger partial charge on any atom is -0.490 e. The van der Waals surface area contributed by atoms with Crippen LogP contribution in [0.1, 0.15) is 43.5 Å². The predicted molar refractivity (Wildman–Crippen MR) is 187 cm³/mol. The van der Waals surface area contributed by atoms with Crippen LogP contribution in [-0.4, -0.2) is 48.4 Å². The van der Waals surface area contributed by atoms with E-state index < -0.39 is 28.5 Å². The fraction of sp³-hybridized carbons (Fsp3) is 0.257. The Morgan fingerprint density at radius 3 is 2.42 bits per heavy atom. The van der Waals surface area contributed by atoms with Gasteiger partial charge in [0, 0.05) is 22.2 Å². The summed E-state index contributed by atoms with van der Waals surface area (Å²) in [5.41, 5.74) is 1.99. The van der Waals surface area contributed by atoms with Crippen molar-refractivity contribution in [1.82, 2.24) is 4.57 Å². The van der Waals surface area contributed by atoms with Crippen molar-refractivity contribution in [2.24, 2.45) is 4.99 Å². The maximum absolute atomic E-state index is 14.3. The minimum atomic E-state index is -0.929. The number of non-ortho nitro benzene ring substituents is 1. The van der Waals surface area contributed by atoms with Crippen molar-refractivity contribution in [3.05, 3.63) is 123 Å². The summed E-state index contributed by atoms with van der Waals surface area (Å²) in [6, 6.07) is 15.4. The van der Waals surface area contributed by atoms with Crippen molar-refractivity contribution < 1.29 is 38.2 Å². The van der Waals surface area contributed by atoms with Gasteiger partial charge in [-0.3, -0.25) is 19.5 Å². The molecule has 0 amide bonds. The Labute approximate surface area is 298 Å². The van der Waals surface area contributed by atoms with Crippen LogP contribution in [0.4, 0.5) is 5.69 Å². The molecular formula is C35H32BrN3O10S. The largest absolute Gasteiger partial charge is 0.490 e. The molecule has 0 fully saturated rings. The quantitative estimate of drug-likeness (QED) is 0.103. The molecule has 0 saturated carbocycles. The van der Waals surface area contributed by atoms with Crippen LogP contribution in [0.15, 0.2) is 86.2 Å². The summed E-state index contributed by atoms with van der Waals surface area (Å²) in [5, 5.41) is 11.0. The van der Waals surface area contributed by atoms with Gasteiger partial charge < -0.3 is 23.7 Å². The molecule has 0 radical (unpaired) electrons. The Morgan fingerprint density at radius 1 is 1.00 bits per heavy atom. The van der Waals surface area contributed by atoms with E-state index in [-0.39, 0.29) is 43.4 Å². The summed E-state index contributed by atoms with van der Waals surface area (Å²) >= 11 is 4.64. The molecule has 1 aliphatic heterocycles. The molecule has 260 valence electrons. The van der Waals surface area contributed by atoms with Crippen molar-refractivity contribution in [1.29, 1.82) is 0 Å². The van der Waals surface area contributed by atoms with E-state index in [1.807, 2.05) is 0 Å². The number of thiazole rings is 1. The zero-order chi connectivity index (χ0) is 35.9. The van der Waals surface area contributed by atoms with Gasteiger partial charge in [0.15, 0.2) is 22.9 Å². The third kappa shape index (κ3) is 7.95. The van der Waals surface area contributed by atoms with Crippen molar-refractivity contribution >= 4 is 51.0 Å². The van der Waals surface area contributed by atoms with Crippen molar-refractivity contribution in [3.63, 3.8) is 0 Å². The summed E-state index contributed by atoms with van der Waals surface area (Å²) in [4.78, 5) is 55.0. The number of ether oxygens (including phenoxy) is 5. The minimum absolute atomic E-state index is 0.0231. The molecule has 13 nitrogen and oxygen atoms in total. The number of hydrogen-bond acceptors (Lipinski definition) is 12. The first-order valence-electron chi connectivity index (χ1n) is 15.4. The molecule has 1 aliphatic rings. The van der Waals surface area contributed by atoms with E-state index in [1.165, 1.54) is 23.8 Å². The fourth-order valence-electron chi connectivity index (χ4n) is 5.16. The normalized spacial score (nSPS) is 14.0. The Morgan fingerprint density at radius 2 is 1.74 bits per heavy atom. The van der Waals surface area contributed by atoms with Crippen LogP contribution >= 0.6 is 27.3 Å². The third-order valence-electron chi connectivity index (χ3n) is 7.47. The molecule has 15 heteroatoms. The molecule has 0 bridgehead atoms. The SMILES string of the molecule is CCOC(=O)C1=C(C)N=c2s/c(=C\c3cc(Br)ccc3OCc3ccc([N+](=O)[O-])cc3)c(=O)n2[C@H]1c1ccc(OCC(=O)OC)c(OCC)c1. The number of nitro benzene ring substituents is 1. The number of nitro groups is 1. The fourth-order valence-corrected chi connectivity index (χ4v) is 6.58. The second-order valence-corrected chi connectivity index (χ2v) is 12.6. The number of nitrogens with zero attached hydrogens (tertiary/aromatic N) is 3. The number of halogens is 1. The Bertz CT molecular complexity index is 2160. The van der Waals surface area contributed by atoms with Gasteiger partial charge in [-0.25, -0.2) is 14.6 Å². The second kappa shape index (κ2) is 16.0. The molecule has 0 N–H and O–H groups in total. The van der Waals surface area contributed by atoms with Gasteiger partial charge in [-0.1, -0.05) is 33.3 Å². The average Bonchev–Trinajstić information content (AvgIpc) is 3.40. The monoisotopic (exact) mass is 765 g/mol. The van der Waals surface area contributed by atoms with Gasteiger partial charge in [-0.15, -0.1) is 0 Å². The highest BCUT2D eigenvalue weighted by molar-refractivity contribution is 9.10. The summed E-state index contributed by atoms with van der Waals surface area (Å²) < 4.78 is 30.2. The summed E-state index contributed by atoms with van der Waals surface area (Å²) in [6.45, 7) is 5.35. The highest BCUT2D eigenvalue weighted by atomic mass is 79.9. The van der Waals surface area contributed by atoms with Crippen molar-refractivity contribution in [2.45, 2.75) is 33.4 Å². The lowest BCUT2D eigenvalue weighted by atomic mass is 9.95. The Kier molecular flexibility index (Phi) is 11.5. The van der Waals surface area contributed by atoms with Crippen LogP contribution in [-0.2, 0) is 25.7 Å². The highest BCUT2D eigenvalue weighted by Crippen LogP contribution is 2.36. The Hall–Kier alpha value is -5.28. The molecule has 5 rings (SSSR count). The van der Waals surface area contributed by atoms with E-state index >= 15 is 0 Å². The van der Waals surface area contributed by atoms with Gasteiger partial charge in [0.05, 0.1) is 47.1 Å². The molecule has 1 aromatic heterocycles. The summed E-state index contributed by atoms with van der Waals surface area (Å²) in [6.07, 6.45) is 1.69. The second-order valence-electron chi connectivity index (χ2n) is 10.7. The lowest BCUT2D eigenvalue weighted by Gasteiger charge is -2.25. The van der Waals surface area contributed by atoms with E-state index in [0.717, 1.165) is 21.4 Å². The van der Waals surface area contributed by atoms with E-state index in [4.69, 9.17) is 18.9 Å². The maximum Gasteiger partial charge on any atom is 0.343 e. The van der Waals surface area contributed by atoms with E-state index in [2.05, 4.69) is 25.7 Å².